The number of fused-ring (bicyclic) bond motifs is 3. The molecule has 0 radical (unpaired) electrons. The maximum atomic E-state index is 12.6. The largest absolute Gasteiger partial charge is 0.369 e. The van der Waals surface area contributed by atoms with Gasteiger partial charge in [-0.15, -0.1) is 0 Å². The van der Waals surface area contributed by atoms with E-state index in [-0.39, 0.29) is 22.0 Å². The third-order valence-electron chi connectivity index (χ3n) is 7.58. The number of rotatable bonds is 1. The van der Waals surface area contributed by atoms with Crippen molar-refractivity contribution in [2.24, 2.45) is 22.7 Å². The Balaban J connectivity index is 1.96. The third kappa shape index (κ3) is 1.97. The van der Waals surface area contributed by atoms with Crippen LogP contribution in [0.2, 0.25) is 0 Å². The van der Waals surface area contributed by atoms with Gasteiger partial charge in [0.2, 0.25) is 0 Å². The minimum atomic E-state index is -0.137. The lowest BCUT2D eigenvalue weighted by atomic mass is 9.52. The van der Waals surface area contributed by atoms with E-state index in [2.05, 4.69) is 41.5 Å². The van der Waals surface area contributed by atoms with Gasteiger partial charge >= 0.3 is 0 Å². The lowest BCUT2D eigenvalue weighted by molar-refractivity contribution is -0.251. The highest BCUT2D eigenvalue weighted by molar-refractivity contribution is 5.88. The maximum absolute atomic E-state index is 12.6. The van der Waals surface area contributed by atoms with Crippen molar-refractivity contribution in [3.63, 3.8) is 0 Å². The van der Waals surface area contributed by atoms with Crippen molar-refractivity contribution < 1.29 is 9.53 Å². The van der Waals surface area contributed by atoms with Gasteiger partial charge in [-0.2, -0.15) is 0 Å². The summed E-state index contributed by atoms with van der Waals surface area (Å²) in [6.07, 6.45) is 6.46. The van der Waals surface area contributed by atoms with Crippen LogP contribution in [0, 0.1) is 22.7 Å². The molecule has 0 N–H and O–H groups in total. The molecule has 1 heterocycles. The van der Waals surface area contributed by atoms with Gasteiger partial charge in [0.05, 0.1) is 11.2 Å². The standard InChI is InChI=1S/C19H32O2/c1-7-17(4)10-8-14-18(5)12-15(20)16(2,3)13(18)9-11-19(14,6)21-17/h13-14H,7-12H2,1-6H3/t13-,14-,17-,18-,19+/m0/s1. The van der Waals surface area contributed by atoms with Crippen molar-refractivity contribution >= 4 is 5.78 Å². The molecule has 1 saturated heterocycles. The van der Waals surface area contributed by atoms with Gasteiger partial charge in [0, 0.05) is 11.8 Å². The summed E-state index contributed by atoms with van der Waals surface area (Å²) in [6.45, 7) is 13.6. The number of carbonyl (C=O) groups excluding carboxylic acids is 1. The highest BCUT2D eigenvalue weighted by Gasteiger charge is 2.65. The summed E-state index contributed by atoms with van der Waals surface area (Å²) in [7, 11) is 0. The molecule has 0 aromatic heterocycles. The minimum absolute atomic E-state index is 0.0328. The second-order valence-electron chi connectivity index (χ2n) is 9.23. The van der Waals surface area contributed by atoms with Crippen LogP contribution in [0.3, 0.4) is 0 Å². The molecule has 0 amide bonds. The Morgan fingerprint density at radius 2 is 1.67 bits per heavy atom. The predicted octanol–water partition coefficient (Wildman–Crippen LogP) is 4.76. The normalized spacial score (nSPS) is 52.4. The molecule has 120 valence electrons. The lowest BCUT2D eigenvalue weighted by Gasteiger charge is -2.60. The van der Waals surface area contributed by atoms with Crippen molar-refractivity contribution in [2.75, 3.05) is 0 Å². The Hall–Kier alpha value is -0.370. The molecule has 0 aromatic carbocycles. The molecular formula is C19H32O2. The van der Waals surface area contributed by atoms with Gasteiger partial charge in [-0.05, 0) is 63.2 Å². The number of carbonyl (C=O) groups is 1. The summed E-state index contributed by atoms with van der Waals surface area (Å²) in [5.74, 6) is 1.54. The summed E-state index contributed by atoms with van der Waals surface area (Å²) in [5.41, 5.74) is 0.00573. The zero-order chi connectivity index (χ0) is 15.7. The molecule has 2 aliphatic carbocycles. The maximum Gasteiger partial charge on any atom is 0.139 e. The summed E-state index contributed by atoms with van der Waals surface area (Å²) in [5, 5.41) is 0. The van der Waals surface area contributed by atoms with Crippen molar-refractivity contribution in [1.82, 2.24) is 0 Å². The van der Waals surface area contributed by atoms with E-state index in [9.17, 15) is 4.79 Å². The van der Waals surface area contributed by atoms with Crippen molar-refractivity contribution in [3.05, 3.63) is 0 Å². The molecule has 2 nitrogen and oxygen atoms in total. The molecule has 0 spiro atoms. The highest BCUT2D eigenvalue weighted by Crippen LogP contribution is 2.66. The van der Waals surface area contributed by atoms with Gasteiger partial charge < -0.3 is 4.74 Å². The molecule has 2 heteroatoms. The Kier molecular flexibility index (Phi) is 3.21. The number of hydrogen-bond acceptors (Lipinski definition) is 2. The fourth-order valence-corrected chi connectivity index (χ4v) is 6.14. The molecule has 21 heavy (non-hydrogen) atoms. The monoisotopic (exact) mass is 292 g/mol. The lowest BCUT2D eigenvalue weighted by Crippen LogP contribution is -2.59. The Labute approximate surface area is 130 Å². The molecule has 3 rings (SSSR count). The fraction of sp³-hybridized carbons (Fsp3) is 0.947. The molecule has 0 unspecified atom stereocenters. The first-order valence-electron chi connectivity index (χ1n) is 8.81. The van der Waals surface area contributed by atoms with Crippen LogP contribution in [0.25, 0.3) is 0 Å². The average Bonchev–Trinajstić information content (AvgIpc) is 2.54. The van der Waals surface area contributed by atoms with E-state index < -0.39 is 0 Å². The summed E-state index contributed by atoms with van der Waals surface area (Å²) < 4.78 is 6.68. The molecule has 5 atom stereocenters. The van der Waals surface area contributed by atoms with Crippen LogP contribution in [0.15, 0.2) is 0 Å². The van der Waals surface area contributed by atoms with E-state index >= 15 is 0 Å². The van der Waals surface area contributed by atoms with E-state index in [1.165, 1.54) is 6.42 Å². The molecule has 2 saturated carbocycles. The minimum Gasteiger partial charge on any atom is -0.369 e. The summed E-state index contributed by atoms with van der Waals surface area (Å²) in [4.78, 5) is 12.6. The third-order valence-corrected chi connectivity index (χ3v) is 7.58. The second kappa shape index (κ2) is 4.34. The van der Waals surface area contributed by atoms with E-state index in [0.29, 0.717) is 17.6 Å². The first kappa shape index (κ1) is 15.5. The van der Waals surface area contributed by atoms with Crippen LogP contribution in [-0.4, -0.2) is 17.0 Å². The number of hydrogen-bond donors (Lipinski definition) is 0. The van der Waals surface area contributed by atoms with Crippen molar-refractivity contribution in [3.8, 4) is 0 Å². The van der Waals surface area contributed by atoms with E-state index in [0.717, 1.165) is 32.1 Å². The first-order chi connectivity index (χ1) is 9.57. The van der Waals surface area contributed by atoms with Crippen LogP contribution in [0.1, 0.15) is 80.1 Å². The molecule has 0 aromatic rings. The van der Waals surface area contributed by atoms with Gasteiger partial charge in [-0.1, -0.05) is 27.7 Å². The van der Waals surface area contributed by atoms with Gasteiger partial charge in [0.25, 0.3) is 0 Å². The van der Waals surface area contributed by atoms with Crippen LogP contribution in [-0.2, 0) is 9.53 Å². The van der Waals surface area contributed by atoms with Crippen LogP contribution >= 0.6 is 0 Å². The fourth-order valence-electron chi connectivity index (χ4n) is 6.14. The number of Topliss-reactive ketones (excluding diaryl/α,β-unsaturated/α-hetero) is 1. The Morgan fingerprint density at radius 3 is 2.29 bits per heavy atom. The molecule has 3 fully saturated rings. The van der Waals surface area contributed by atoms with Crippen LogP contribution in [0.4, 0.5) is 0 Å². The number of ether oxygens (including phenoxy) is 1. The van der Waals surface area contributed by atoms with Crippen molar-refractivity contribution in [1.29, 1.82) is 0 Å². The van der Waals surface area contributed by atoms with Crippen LogP contribution in [0.5, 0.6) is 0 Å². The molecule has 3 aliphatic rings. The number of ketones is 1. The van der Waals surface area contributed by atoms with Gasteiger partial charge in [-0.25, -0.2) is 0 Å². The van der Waals surface area contributed by atoms with Gasteiger partial charge in [-0.3, -0.25) is 4.79 Å². The van der Waals surface area contributed by atoms with Crippen LogP contribution < -0.4 is 0 Å². The topological polar surface area (TPSA) is 26.3 Å². The second-order valence-corrected chi connectivity index (χ2v) is 9.23. The Bertz CT molecular complexity index is 468. The highest BCUT2D eigenvalue weighted by atomic mass is 16.5. The zero-order valence-electron chi connectivity index (χ0n) is 14.7. The quantitative estimate of drug-likeness (QED) is 0.696. The van der Waals surface area contributed by atoms with E-state index in [4.69, 9.17) is 4.74 Å². The first-order valence-corrected chi connectivity index (χ1v) is 8.81. The van der Waals surface area contributed by atoms with E-state index in [1.54, 1.807) is 0 Å². The molecule has 0 bridgehead atoms. The Morgan fingerprint density at radius 1 is 1.05 bits per heavy atom. The van der Waals surface area contributed by atoms with Crippen molar-refractivity contribution in [2.45, 2.75) is 91.3 Å². The van der Waals surface area contributed by atoms with E-state index in [1.807, 2.05) is 0 Å². The zero-order valence-corrected chi connectivity index (χ0v) is 14.7. The molecular weight excluding hydrogens is 260 g/mol. The predicted molar refractivity (Wildman–Crippen MR) is 85.1 cm³/mol. The van der Waals surface area contributed by atoms with Gasteiger partial charge in [0.15, 0.2) is 0 Å². The summed E-state index contributed by atoms with van der Waals surface area (Å²) in [6, 6.07) is 0. The average molecular weight is 292 g/mol. The summed E-state index contributed by atoms with van der Waals surface area (Å²) >= 11 is 0. The smallest absolute Gasteiger partial charge is 0.139 e. The SMILES string of the molecule is CC[C@@]1(C)CC[C@H]2[C@@]3(C)CC(=O)C(C)(C)[C@@H]3CC[C@@]2(C)O1. The van der Waals surface area contributed by atoms with Gasteiger partial charge in [0.1, 0.15) is 5.78 Å². The molecule has 1 aliphatic heterocycles.